The van der Waals surface area contributed by atoms with Crippen molar-refractivity contribution in [2.75, 3.05) is 26.2 Å². The Labute approximate surface area is 110 Å². The topological polar surface area (TPSA) is 29.5 Å². The highest BCUT2D eigenvalue weighted by molar-refractivity contribution is 5.94. The molecule has 0 saturated heterocycles. The molecule has 3 heteroatoms. The molecule has 3 nitrogen and oxygen atoms in total. The lowest BCUT2D eigenvalue weighted by Crippen LogP contribution is -2.25. The van der Waals surface area contributed by atoms with Crippen molar-refractivity contribution >= 4 is 5.78 Å². The number of rotatable bonds is 8. The van der Waals surface area contributed by atoms with E-state index >= 15 is 0 Å². The molecule has 1 aromatic rings. The normalized spacial score (nSPS) is 10.7. The Bertz CT molecular complexity index is 373. The maximum atomic E-state index is 11.2. The summed E-state index contributed by atoms with van der Waals surface area (Å²) < 4.78 is 5.66. The number of carbonyl (C=O) groups excluding carboxylic acids is 1. The van der Waals surface area contributed by atoms with E-state index in [0.29, 0.717) is 12.2 Å². The van der Waals surface area contributed by atoms with Gasteiger partial charge in [0.2, 0.25) is 0 Å². The van der Waals surface area contributed by atoms with Gasteiger partial charge in [0.05, 0.1) is 6.61 Å². The van der Waals surface area contributed by atoms with E-state index in [-0.39, 0.29) is 5.78 Å². The summed E-state index contributed by atoms with van der Waals surface area (Å²) in [7, 11) is 0. The summed E-state index contributed by atoms with van der Waals surface area (Å²) >= 11 is 0. The summed E-state index contributed by atoms with van der Waals surface area (Å²) in [6.07, 6.45) is 1.01. The van der Waals surface area contributed by atoms with Gasteiger partial charge in [-0.1, -0.05) is 26.0 Å². The molecule has 0 radical (unpaired) electrons. The van der Waals surface area contributed by atoms with Crippen LogP contribution < -0.4 is 4.74 Å². The molecule has 18 heavy (non-hydrogen) atoms. The monoisotopic (exact) mass is 249 g/mol. The van der Waals surface area contributed by atoms with Crippen LogP contribution in [0.3, 0.4) is 0 Å². The number of hydrogen-bond donors (Lipinski definition) is 0. The highest BCUT2D eigenvalue weighted by Crippen LogP contribution is 2.13. The number of carbonyl (C=O) groups is 1. The van der Waals surface area contributed by atoms with Gasteiger partial charge >= 0.3 is 0 Å². The van der Waals surface area contributed by atoms with E-state index < -0.39 is 0 Å². The van der Waals surface area contributed by atoms with Crippen molar-refractivity contribution in [1.82, 2.24) is 4.90 Å². The van der Waals surface area contributed by atoms with Crippen LogP contribution in [0.5, 0.6) is 5.75 Å². The number of benzene rings is 1. The molecule has 0 atom stereocenters. The molecule has 0 aromatic heterocycles. The highest BCUT2D eigenvalue weighted by Gasteiger charge is 2.02. The number of hydrogen-bond acceptors (Lipinski definition) is 3. The molecule has 0 fully saturated rings. The standard InChI is InChI=1S/C15H23NO2/c1-4-16(5-2)10-7-11-18-15-9-6-8-14(12-15)13(3)17/h6,8-9,12H,4-5,7,10-11H2,1-3H3. The second kappa shape index (κ2) is 7.88. The van der Waals surface area contributed by atoms with E-state index in [0.717, 1.165) is 31.8 Å². The largest absolute Gasteiger partial charge is 0.494 e. The maximum absolute atomic E-state index is 11.2. The minimum absolute atomic E-state index is 0.0728. The Kier molecular flexibility index (Phi) is 6.44. The fourth-order valence-corrected chi connectivity index (χ4v) is 1.82. The van der Waals surface area contributed by atoms with Gasteiger partial charge in [0, 0.05) is 12.1 Å². The van der Waals surface area contributed by atoms with Crippen LogP contribution in [0.15, 0.2) is 24.3 Å². The first kappa shape index (κ1) is 14.7. The number of ketones is 1. The molecule has 0 unspecified atom stereocenters. The van der Waals surface area contributed by atoms with Gasteiger partial charge in [0.1, 0.15) is 5.75 Å². The molecule has 1 rings (SSSR count). The highest BCUT2D eigenvalue weighted by atomic mass is 16.5. The first-order valence-electron chi connectivity index (χ1n) is 6.63. The van der Waals surface area contributed by atoms with Crippen LogP contribution >= 0.6 is 0 Å². The quantitative estimate of drug-likeness (QED) is 0.524. The number of ether oxygens (including phenoxy) is 1. The Hall–Kier alpha value is -1.35. The van der Waals surface area contributed by atoms with Crippen LogP contribution in [0.1, 0.15) is 37.6 Å². The maximum Gasteiger partial charge on any atom is 0.159 e. The molecule has 0 bridgehead atoms. The van der Waals surface area contributed by atoms with Crippen molar-refractivity contribution in [2.45, 2.75) is 27.2 Å². The van der Waals surface area contributed by atoms with Crippen LogP contribution in [0.4, 0.5) is 0 Å². The predicted molar refractivity (Wildman–Crippen MR) is 74.3 cm³/mol. The SMILES string of the molecule is CCN(CC)CCCOc1cccc(C(C)=O)c1. The smallest absolute Gasteiger partial charge is 0.159 e. The molecule has 0 saturated carbocycles. The van der Waals surface area contributed by atoms with Gasteiger partial charge in [0.25, 0.3) is 0 Å². The fraction of sp³-hybridized carbons (Fsp3) is 0.533. The Balaban J connectivity index is 2.35. The third-order valence-electron chi connectivity index (χ3n) is 3.02. The van der Waals surface area contributed by atoms with Crippen molar-refractivity contribution in [3.63, 3.8) is 0 Å². The van der Waals surface area contributed by atoms with Crippen molar-refractivity contribution in [3.8, 4) is 5.75 Å². The molecule has 100 valence electrons. The van der Waals surface area contributed by atoms with Gasteiger partial charge in [-0.3, -0.25) is 4.79 Å². The third-order valence-corrected chi connectivity index (χ3v) is 3.02. The van der Waals surface area contributed by atoms with E-state index in [1.165, 1.54) is 0 Å². The minimum Gasteiger partial charge on any atom is -0.494 e. The third kappa shape index (κ3) is 4.88. The lowest BCUT2D eigenvalue weighted by Gasteiger charge is -2.17. The van der Waals surface area contributed by atoms with E-state index in [2.05, 4.69) is 18.7 Å². The zero-order valence-corrected chi connectivity index (χ0v) is 11.6. The molecule has 1 aromatic carbocycles. The Morgan fingerprint density at radius 1 is 1.28 bits per heavy atom. The lowest BCUT2D eigenvalue weighted by atomic mass is 10.1. The molecule has 0 amide bonds. The first-order valence-corrected chi connectivity index (χ1v) is 6.63. The van der Waals surface area contributed by atoms with E-state index in [4.69, 9.17) is 4.74 Å². The van der Waals surface area contributed by atoms with Gasteiger partial charge in [0.15, 0.2) is 5.78 Å². The molecular weight excluding hydrogens is 226 g/mol. The molecule has 0 spiro atoms. The van der Waals surface area contributed by atoms with Crippen LogP contribution in [0.2, 0.25) is 0 Å². The predicted octanol–water partition coefficient (Wildman–Crippen LogP) is 3.00. The minimum atomic E-state index is 0.0728. The summed E-state index contributed by atoms with van der Waals surface area (Å²) in [5, 5.41) is 0. The number of nitrogens with zero attached hydrogens (tertiary/aromatic N) is 1. The van der Waals surface area contributed by atoms with Crippen molar-refractivity contribution in [1.29, 1.82) is 0 Å². The molecule has 0 aliphatic carbocycles. The second-order valence-electron chi connectivity index (χ2n) is 4.31. The van der Waals surface area contributed by atoms with E-state index in [9.17, 15) is 4.79 Å². The summed E-state index contributed by atoms with van der Waals surface area (Å²) in [6.45, 7) is 9.81. The van der Waals surface area contributed by atoms with E-state index in [1.54, 1.807) is 13.0 Å². The number of Topliss-reactive ketones (excluding diaryl/α,β-unsaturated/α-hetero) is 1. The fourth-order valence-electron chi connectivity index (χ4n) is 1.82. The van der Waals surface area contributed by atoms with E-state index in [1.807, 2.05) is 18.2 Å². The molecule has 0 heterocycles. The Morgan fingerprint density at radius 2 is 2.00 bits per heavy atom. The van der Waals surface area contributed by atoms with Gasteiger partial charge in [-0.05, 0) is 38.6 Å². The summed E-state index contributed by atoms with van der Waals surface area (Å²) in [4.78, 5) is 13.6. The molecular formula is C15H23NO2. The first-order chi connectivity index (χ1) is 8.67. The van der Waals surface area contributed by atoms with Crippen molar-refractivity contribution in [2.24, 2.45) is 0 Å². The second-order valence-corrected chi connectivity index (χ2v) is 4.31. The average Bonchev–Trinajstić information content (AvgIpc) is 2.39. The zero-order valence-electron chi connectivity index (χ0n) is 11.6. The van der Waals surface area contributed by atoms with Gasteiger partial charge in [-0.2, -0.15) is 0 Å². The molecule has 0 aliphatic rings. The van der Waals surface area contributed by atoms with Crippen LogP contribution in [-0.4, -0.2) is 36.9 Å². The summed E-state index contributed by atoms with van der Waals surface area (Å²) in [5.74, 6) is 0.853. The van der Waals surface area contributed by atoms with Gasteiger partial charge in [-0.15, -0.1) is 0 Å². The Morgan fingerprint density at radius 3 is 2.61 bits per heavy atom. The zero-order chi connectivity index (χ0) is 13.4. The molecule has 0 N–H and O–H groups in total. The van der Waals surface area contributed by atoms with Gasteiger partial charge < -0.3 is 9.64 Å². The lowest BCUT2D eigenvalue weighted by molar-refractivity contribution is 0.101. The van der Waals surface area contributed by atoms with Crippen LogP contribution in [0, 0.1) is 0 Å². The summed E-state index contributed by atoms with van der Waals surface area (Å²) in [5.41, 5.74) is 0.705. The van der Waals surface area contributed by atoms with Crippen LogP contribution in [-0.2, 0) is 0 Å². The van der Waals surface area contributed by atoms with Crippen molar-refractivity contribution in [3.05, 3.63) is 29.8 Å². The summed E-state index contributed by atoms with van der Waals surface area (Å²) in [6, 6.07) is 7.37. The average molecular weight is 249 g/mol. The van der Waals surface area contributed by atoms with Gasteiger partial charge in [-0.25, -0.2) is 0 Å². The van der Waals surface area contributed by atoms with Crippen molar-refractivity contribution < 1.29 is 9.53 Å². The van der Waals surface area contributed by atoms with Crippen LogP contribution in [0.25, 0.3) is 0 Å². The molecule has 0 aliphatic heterocycles.